The van der Waals surface area contributed by atoms with Crippen LogP contribution in [0.4, 0.5) is 0 Å². The number of rotatable bonds is 7. The van der Waals surface area contributed by atoms with E-state index in [0.717, 1.165) is 28.8 Å². The molecule has 4 aromatic rings. The Kier molecular flexibility index (Phi) is 7.19. The van der Waals surface area contributed by atoms with Crippen molar-refractivity contribution >= 4 is 50.7 Å². The van der Waals surface area contributed by atoms with Gasteiger partial charge in [0.15, 0.2) is 0 Å². The molecule has 1 fully saturated rings. The number of halogens is 1. The lowest BCUT2D eigenvalue weighted by molar-refractivity contribution is -0.139. The molecule has 1 aliphatic rings. The molecule has 6 nitrogen and oxygen atoms in total. The summed E-state index contributed by atoms with van der Waals surface area (Å²) in [7, 11) is 0. The number of nitrogens with one attached hydrogen (secondary N) is 3. The van der Waals surface area contributed by atoms with Gasteiger partial charge in [0.05, 0.1) is 12.1 Å². The molecule has 3 amide bonds. The minimum Gasteiger partial charge on any atom is -0.344 e. The van der Waals surface area contributed by atoms with E-state index in [1.807, 2.05) is 24.3 Å². The molecule has 3 N–H and O–H groups in total. The highest BCUT2D eigenvalue weighted by Crippen LogP contribution is 2.48. The molecule has 38 heavy (non-hydrogen) atoms. The molecule has 0 aliphatic heterocycles. The smallest absolute Gasteiger partial charge is 0.310 e. The van der Waals surface area contributed by atoms with Gasteiger partial charge in [0.1, 0.15) is 0 Å². The molecule has 5 rings (SSSR count). The molecule has 1 aliphatic carbocycles. The Hall–Kier alpha value is -4.12. The van der Waals surface area contributed by atoms with Crippen molar-refractivity contribution in [3.8, 4) is 22.8 Å². The van der Waals surface area contributed by atoms with Crippen LogP contribution >= 0.6 is 22.9 Å². The van der Waals surface area contributed by atoms with Crippen molar-refractivity contribution in [1.82, 2.24) is 16.0 Å². The summed E-state index contributed by atoms with van der Waals surface area (Å²) in [6.07, 6.45) is 6.69. The third kappa shape index (κ3) is 5.42. The summed E-state index contributed by atoms with van der Waals surface area (Å²) in [5.41, 5.74) is 2.48. The van der Waals surface area contributed by atoms with E-state index in [9.17, 15) is 14.4 Å². The Balaban J connectivity index is 1.34. The van der Waals surface area contributed by atoms with Gasteiger partial charge >= 0.3 is 11.8 Å². The predicted molar refractivity (Wildman–Crippen MR) is 151 cm³/mol. The van der Waals surface area contributed by atoms with E-state index < -0.39 is 17.4 Å². The Morgan fingerprint density at radius 1 is 0.947 bits per heavy atom. The minimum atomic E-state index is -0.822. The quantitative estimate of drug-likeness (QED) is 0.227. The zero-order valence-electron chi connectivity index (χ0n) is 20.3. The van der Waals surface area contributed by atoms with Crippen LogP contribution in [0.3, 0.4) is 0 Å². The van der Waals surface area contributed by atoms with E-state index in [1.165, 1.54) is 10.1 Å². The van der Waals surface area contributed by atoms with Crippen molar-refractivity contribution in [2.75, 3.05) is 6.54 Å². The Bertz CT molecular complexity index is 1570. The topological polar surface area (TPSA) is 87.3 Å². The Morgan fingerprint density at radius 2 is 1.68 bits per heavy atom. The van der Waals surface area contributed by atoms with Gasteiger partial charge in [-0.05, 0) is 71.3 Å². The van der Waals surface area contributed by atoms with Crippen LogP contribution in [0, 0.1) is 12.3 Å². The second kappa shape index (κ2) is 10.7. The van der Waals surface area contributed by atoms with Crippen LogP contribution in [0.25, 0.3) is 20.5 Å². The number of hydrogen-bond donors (Lipinski definition) is 3. The number of terminal acetylenes is 1. The molecule has 1 aromatic heterocycles. The lowest BCUT2D eigenvalue weighted by Crippen LogP contribution is -2.40. The second-order valence-corrected chi connectivity index (χ2v) is 10.7. The largest absolute Gasteiger partial charge is 0.344 e. The highest BCUT2D eigenvalue weighted by Gasteiger charge is 2.46. The van der Waals surface area contributed by atoms with Crippen molar-refractivity contribution in [2.45, 2.75) is 24.9 Å². The molecular weight excluding hydrogens is 518 g/mol. The monoisotopic (exact) mass is 541 g/mol. The van der Waals surface area contributed by atoms with Crippen molar-refractivity contribution in [2.24, 2.45) is 0 Å². The van der Waals surface area contributed by atoms with E-state index in [0.29, 0.717) is 16.1 Å². The number of fused-ring (bicyclic) bond motifs is 1. The Labute approximate surface area is 229 Å². The number of hydrogen-bond acceptors (Lipinski definition) is 4. The van der Waals surface area contributed by atoms with Gasteiger partial charge in [0.25, 0.3) is 5.91 Å². The summed E-state index contributed by atoms with van der Waals surface area (Å²) in [6, 6.07) is 23.3. The van der Waals surface area contributed by atoms with Crippen molar-refractivity contribution in [3.05, 3.63) is 94.5 Å². The third-order valence-electron chi connectivity index (χ3n) is 6.52. The minimum absolute atomic E-state index is 0.0200. The molecule has 0 bridgehead atoms. The lowest BCUT2D eigenvalue weighted by atomic mass is 9.99. The summed E-state index contributed by atoms with van der Waals surface area (Å²) in [5, 5.41) is 9.85. The highest BCUT2D eigenvalue weighted by atomic mass is 35.5. The predicted octanol–water partition coefficient (Wildman–Crippen LogP) is 5.01. The van der Waals surface area contributed by atoms with Crippen LogP contribution in [-0.2, 0) is 21.7 Å². The molecule has 8 heteroatoms. The van der Waals surface area contributed by atoms with Crippen molar-refractivity contribution < 1.29 is 14.4 Å². The molecule has 190 valence electrons. The molecular formula is C30H24ClN3O3S. The summed E-state index contributed by atoms with van der Waals surface area (Å²) < 4.78 is 1.20. The maximum absolute atomic E-state index is 13.4. The van der Waals surface area contributed by atoms with Gasteiger partial charge < -0.3 is 16.0 Å². The van der Waals surface area contributed by atoms with Gasteiger partial charge in [-0.25, -0.2) is 0 Å². The van der Waals surface area contributed by atoms with E-state index >= 15 is 0 Å². The average molecular weight is 542 g/mol. The third-order valence-corrected chi connectivity index (χ3v) is 7.91. The molecule has 0 atom stereocenters. The molecule has 0 saturated heterocycles. The molecule has 3 aromatic carbocycles. The first kappa shape index (κ1) is 25.5. The SMILES string of the molecule is C#CCNC(=O)C(=O)NCc1ccccc1C(=O)NC1(c2cc(Cl)cc(-c3cc4ccccc4s3)c2)CC1. The van der Waals surface area contributed by atoms with Crippen LogP contribution in [0.1, 0.15) is 34.3 Å². The summed E-state index contributed by atoms with van der Waals surface area (Å²) >= 11 is 8.25. The van der Waals surface area contributed by atoms with E-state index in [-0.39, 0.29) is 19.0 Å². The van der Waals surface area contributed by atoms with Gasteiger partial charge in [0, 0.05) is 26.7 Å². The second-order valence-electron chi connectivity index (χ2n) is 9.14. The molecule has 0 unspecified atom stereocenters. The van der Waals surface area contributed by atoms with Gasteiger partial charge in [-0.3, -0.25) is 14.4 Å². The molecule has 1 saturated carbocycles. The molecule has 0 spiro atoms. The zero-order chi connectivity index (χ0) is 26.7. The lowest BCUT2D eigenvalue weighted by Gasteiger charge is -2.20. The van der Waals surface area contributed by atoms with E-state index in [4.69, 9.17) is 18.0 Å². The summed E-state index contributed by atoms with van der Waals surface area (Å²) in [6.45, 7) is -0.0202. The fraction of sp³-hybridized carbons (Fsp3) is 0.167. The average Bonchev–Trinajstić information content (AvgIpc) is 3.57. The first-order chi connectivity index (χ1) is 18.4. The van der Waals surface area contributed by atoms with Crippen molar-refractivity contribution in [1.29, 1.82) is 0 Å². The van der Waals surface area contributed by atoms with Crippen LogP contribution in [0.2, 0.25) is 5.02 Å². The maximum Gasteiger partial charge on any atom is 0.310 e. The number of benzene rings is 3. The van der Waals surface area contributed by atoms with Gasteiger partial charge in [-0.2, -0.15) is 0 Å². The fourth-order valence-electron chi connectivity index (χ4n) is 4.39. The standard InChI is InChI=1S/C30H24ClN3O3S/c1-2-13-32-28(36)29(37)33-18-20-8-3-5-9-24(20)27(35)34-30(11-12-30)22-14-21(15-23(31)17-22)26-16-19-7-4-6-10-25(19)38-26/h1,3-10,14-17H,11-13,18H2,(H,32,36)(H,33,37)(H,34,35). The first-order valence-electron chi connectivity index (χ1n) is 12.1. The summed E-state index contributed by atoms with van der Waals surface area (Å²) in [5.74, 6) is 0.345. The highest BCUT2D eigenvalue weighted by molar-refractivity contribution is 7.22. The normalized spacial score (nSPS) is 13.4. The maximum atomic E-state index is 13.4. The van der Waals surface area contributed by atoms with Gasteiger partial charge in [-0.15, -0.1) is 17.8 Å². The van der Waals surface area contributed by atoms with Crippen LogP contribution in [0.15, 0.2) is 72.8 Å². The van der Waals surface area contributed by atoms with E-state index in [2.05, 4.69) is 46.1 Å². The molecule has 1 heterocycles. The number of carbonyl (C=O) groups excluding carboxylic acids is 3. The van der Waals surface area contributed by atoms with Crippen LogP contribution < -0.4 is 16.0 Å². The Morgan fingerprint density at radius 3 is 2.45 bits per heavy atom. The number of amides is 3. The van der Waals surface area contributed by atoms with Gasteiger partial charge in [-0.1, -0.05) is 53.9 Å². The first-order valence-corrected chi connectivity index (χ1v) is 13.3. The van der Waals surface area contributed by atoms with Crippen LogP contribution in [0.5, 0.6) is 0 Å². The van der Waals surface area contributed by atoms with Crippen LogP contribution in [-0.4, -0.2) is 24.3 Å². The van der Waals surface area contributed by atoms with Gasteiger partial charge in [0.2, 0.25) is 0 Å². The summed E-state index contributed by atoms with van der Waals surface area (Å²) in [4.78, 5) is 38.4. The van der Waals surface area contributed by atoms with E-state index in [1.54, 1.807) is 35.6 Å². The zero-order valence-corrected chi connectivity index (χ0v) is 21.9. The fourth-order valence-corrected chi connectivity index (χ4v) is 5.68. The number of carbonyl (C=O) groups is 3. The molecule has 0 radical (unpaired) electrons. The number of thiophene rings is 1. The van der Waals surface area contributed by atoms with Crippen molar-refractivity contribution in [3.63, 3.8) is 0 Å².